The fourth-order valence-electron chi connectivity index (χ4n) is 2.48. The summed E-state index contributed by atoms with van der Waals surface area (Å²) in [7, 11) is 0. The van der Waals surface area contributed by atoms with Crippen LogP contribution in [0.5, 0.6) is 5.75 Å². The summed E-state index contributed by atoms with van der Waals surface area (Å²) in [5.74, 6) is -1.30. The van der Waals surface area contributed by atoms with Gasteiger partial charge in [0.05, 0.1) is 12.0 Å². The molecule has 0 heterocycles. The number of carbonyl (C=O) groups is 2. The van der Waals surface area contributed by atoms with E-state index in [0.29, 0.717) is 5.75 Å². The summed E-state index contributed by atoms with van der Waals surface area (Å²) in [4.78, 5) is 22.2. The number of hydrogen-bond donors (Lipinski definition) is 1. The zero-order valence-corrected chi connectivity index (χ0v) is 14.6. The van der Waals surface area contributed by atoms with E-state index in [1.807, 2.05) is 30.3 Å². The van der Waals surface area contributed by atoms with Crippen LogP contribution in [0.2, 0.25) is 0 Å². The molecule has 0 spiro atoms. The number of nitrogens with one attached hydrogen (secondary N) is 1. The van der Waals surface area contributed by atoms with E-state index in [1.54, 1.807) is 12.1 Å². The van der Waals surface area contributed by atoms with Crippen molar-refractivity contribution in [2.45, 2.75) is 32.2 Å². The Morgan fingerprint density at radius 2 is 1.60 bits per heavy atom. The van der Waals surface area contributed by atoms with E-state index in [1.165, 1.54) is 12.5 Å². The fraction of sp³-hybridized carbons (Fsp3) is 0.300. The normalized spacial score (nSPS) is 12.3. The maximum absolute atomic E-state index is 11.6. The summed E-state index contributed by atoms with van der Waals surface area (Å²) in [6.45, 7) is 5.38. The zero-order chi connectivity index (χ0) is 18.4. The lowest BCUT2D eigenvalue weighted by molar-refractivity contribution is -0.307. The van der Waals surface area contributed by atoms with E-state index in [2.05, 4.69) is 31.3 Å². The molecule has 0 saturated carbocycles. The van der Waals surface area contributed by atoms with Crippen molar-refractivity contribution in [3.63, 3.8) is 0 Å². The molecule has 5 nitrogen and oxygen atoms in total. The summed E-state index contributed by atoms with van der Waals surface area (Å²) in [6, 6.07) is 16.7. The first kappa shape index (κ1) is 18.5. The molecular formula is C20H22NO4-. The van der Waals surface area contributed by atoms with Crippen molar-refractivity contribution in [1.29, 1.82) is 0 Å². The Kier molecular flexibility index (Phi) is 5.80. The van der Waals surface area contributed by atoms with Gasteiger partial charge in [0.15, 0.2) is 6.61 Å². The van der Waals surface area contributed by atoms with Crippen LogP contribution in [0.3, 0.4) is 0 Å². The average Bonchev–Trinajstić information content (AvgIpc) is 2.61. The zero-order valence-electron chi connectivity index (χ0n) is 14.6. The summed E-state index contributed by atoms with van der Waals surface area (Å²) in [5, 5.41) is 12.9. The SMILES string of the molecule is C[C@@H](NC(=O)COc1ccc(C(C)(C)c2ccccc2)cc1)C(=O)[O-]. The molecule has 0 unspecified atom stereocenters. The maximum atomic E-state index is 11.6. The van der Waals surface area contributed by atoms with E-state index < -0.39 is 17.9 Å². The highest BCUT2D eigenvalue weighted by Crippen LogP contribution is 2.32. The smallest absolute Gasteiger partial charge is 0.258 e. The van der Waals surface area contributed by atoms with Crippen LogP contribution in [0.15, 0.2) is 54.6 Å². The molecule has 2 aromatic rings. The third-order valence-corrected chi connectivity index (χ3v) is 4.17. The number of rotatable bonds is 7. The van der Waals surface area contributed by atoms with Gasteiger partial charge in [-0.15, -0.1) is 0 Å². The number of carboxylic acids is 1. The molecule has 0 aliphatic carbocycles. The summed E-state index contributed by atoms with van der Waals surface area (Å²) >= 11 is 0. The molecule has 0 saturated heterocycles. The van der Waals surface area contributed by atoms with E-state index >= 15 is 0 Å². The van der Waals surface area contributed by atoms with Crippen LogP contribution >= 0.6 is 0 Å². The third kappa shape index (κ3) is 4.83. The Bertz CT molecular complexity index is 723. The van der Waals surface area contributed by atoms with E-state index in [4.69, 9.17) is 4.74 Å². The largest absolute Gasteiger partial charge is 0.548 e. The summed E-state index contributed by atoms with van der Waals surface area (Å²) < 4.78 is 5.40. The van der Waals surface area contributed by atoms with Gasteiger partial charge in [0.25, 0.3) is 5.91 Å². The Hall–Kier alpha value is -2.82. The van der Waals surface area contributed by atoms with Crippen molar-refractivity contribution in [3.8, 4) is 5.75 Å². The van der Waals surface area contributed by atoms with Gasteiger partial charge in [0.1, 0.15) is 5.75 Å². The van der Waals surface area contributed by atoms with Gasteiger partial charge in [-0.2, -0.15) is 0 Å². The van der Waals surface area contributed by atoms with Crippen LogP contribution in [0.1, 0.15) is 31.9 Å². The standard InChI is InChI=1S/C20H23NO4/c1-14(19(23)24)21-18(22)13-25-17-11-9-16(10-12-17)20(2,3)15-7-5-4-6-8-15/h4-12,14H,13H2,1-3H3,(H,21,22)(H,23,24)/p-1/t14-/m1/s1. The van der Waals surface area contributed by atoms with Gasteiger partial charge in [-0.05, 0) is 30.2 Å². The molecular weight excluding hydrogens is 318 g/mol. The molecule has 0 bridgehead atoms. The van der Waals surface area contributed by atoms with Crippen LogP contribution < -0.4 is 15.2 Å². The molecule has 132 valence electrons. The van der Waals surface area contributed by atoms with Gasteiger partial charge in [0, 0.05) is 5.41 Å². The quantitative estimate of drug-likeness (QED) is 0.831. The minimum absolute atomic E-state index is 0.152. The summed E-state index contributed by atoms with van der Waals surface area (Å²) in [5.41, 5.74) is 2.18. The van der Waals surface area contributed by atoms with Crippen LogP contribution in [0.25, 0.3) is 0 Å². The first-order chi connectivity index (χ1) is 11.8. The number of ether oxygens (including phenoxy) is 1. The van der Waals surface area contributed by atoms with Crippen LogP contribution in [0.4, 0.5) is 0 Å². The van der Waals surface area contributed by atoms with E-state index in [9.17, 15) is 14.7 Å². The number of amides is 1. The first-order valence-electron chi connectivity index (χ1n) is 8.10. The molecule has 1 N–H and O–H groups in total. The third-order valence-electron chi connectivity index (χ3n) is 4.17. The number of hydrogen-bond acceptors (Lipinski definition) is 4. The first-order valence-corrected chi connectivity index (χ1v) is 8.10. The lowest BCUT2D eigenvalue weighted by Crippen LogP contribution is -2.47. The predicted molar refractivity (Wildman–Crippen MR) is 93.1 cm³/mol. The second-order valence-electron chi connectivity index (χ2n) is 6.41. The van der Waals surface area contributed by atoms with Crippen LogP contribution in [0, 0.1) is 0 Å². The lowest BCUT2D eigenvalue weighted by Gasteiger charge is -2.26. The second kappa shape index (κ2) is 7.83. The molecule has 2 rings (SSSR count). The van der Waals surface area contributed by atoms with Crippen molar-refractivity contribution in [1.82, 2.24) is 5.32 Å². The fourth-order valence-corrected chi connectivity index (χ4v) is 2.48. The van der Waals surface area contributed by atoms with Crippen molar-refractivity contribution in [2.24, 2.45) is 0 Å². The molecule has 0 aliphatic heterocycles. The Labute approximate surface area is 147 Å². The Morgan fingerprint density at radius 1 is 1.04 bits per heavy atom. The van der Waals surface area contributed by atoms with Crippen molar-refractivity contribution >= 4 is 11.9 Å². The van der Waals surface area contributed by atoms with E-state index in [0.717, 1.165) is 5.56 Å². The molecule has 1 amide bonds. The van der Waals surface area contributed by atoms with Crippen LogP contribution in [-0.4, -0.2) is 24.5 Å². The van der Waals surface area contributed by atoms with Gasteiger partial charge < -0.3 is 20.0 Å². The monoisotopic (exact) mass is 340 g/mol. The predicted octanol–water partition coefficient (Wildman–Crippen LogP) is 1.65. The second-order valence-corrected chi connectivity index (χ2v) is 6.41. The van der Waals surface area contributed by atoms with E-state index in [-0.39, 0.29) is 12.0 Å². The molecule has 5 heteroatoms. The maximum Gasteiger partial charge on any atom is 0.258 e. The molecule has 1 atom stereocenters. The minimum Gasteiger partial charge on any atom is -0.548 e. The number of aliphatic carboxylic acids is 1. The highest BCUT2D eigenvalue weighted by Gasteiger charge is 2.22. The molecule has 0 aromatic heterocycles. The number of carboxylic acid groups (broad SMARTS) is 1. The van der Waals surface area contributed by atoms with Gasteiger partial charge >= 0.3 is 0 Å². The van der Waals surface area contributed by atoms with Crippen molar-refractivity contribution in [2.75, 3.05) is 6.61 Å². The Morgan fingerprint density at radius 3 is 2.16 bits per heavy atom. The summed E-state index contributed by atoms with van der Waals surface area (Å²) in [6.07, 6.45) is 0. The van der Waals surface area contributed by atoms with Crippen LogP contribution in [-0.2, 0) is 15.0 Å². The molecule has 0 radical (unpaired) electrons. The molecule has 0 fully saturated rings. The van der Waals surface area contributed by atoms with Gasteiger partial charge in [-0.25, -0.2) is 0 Å². The van der Waals surface area contributed by atoms with Crippen molar-refractivity contribution in [3.05, 3.63) is 65.7 Å². The van der Waals surface area contributed by atoms with Gasteiger partial charge in [0.2, 0.25) is 0 Å². The molecule has 2 aromatic carbocycles. The number of benzene rings is 2. The minimum atomic E-state index is -1.33. The number of carbonyl (C=O) groups excluding carboxylic acids is 2. The Balaban J connectivity index is 1.98. The average molecular weight is 340 g/mol. The van der Waals surface area contributed by atoms with Gasteiger partial charge in [-0.3, -0.25) is 4.79 Å². The van der Waals surface area contributed by atoms with Crippen molar-refractivity contribution < 1.29 is 19.4 Å². The lowest BCUT2D eigenvalue weighted by atomic mass is 9.78. The topological polar surface area (TPSA) is 78.5 Å². The van der Waals surface area contributed by atoms with Gasteiger partial charge in [-0.1, -0.05) is 56.3 Å². The molecule has 25 heavy (non-hydrogen) atoms. The molecule has 0 aliphatic rings. The highest BCUT2D eigenvalue weighted by molar-refractivity contribution is 5.83. The highest BCUT2D eigenvalue weighted by atomic mass is 16.5.